The maximum Gasteiger partial charge on any atom is 0.246 e. The molecule has 1 saturated heterocycles. The number of hydrogen-bond donors (Lipinski definition) is 14. The van der Waals surface area contributed by atoms with E-state index in [0.29, 0.717) is 36.9 Å². The van der Waals surface area contributed by atoms with Crippen molar-refractivity contribution in [3.05, 3.63) is 71.8 Å². The van der Waals surface area contributed by atoms with Crippen molar-refractivity contribution in [3.63, 3.8) is 0 Å². The number of benzene rings is 2. The number of likely N-dealkylation sites (tertiary alicyclic amines) is 1. The van der Waals surface area contributed by atoms with Crippen LogP contribution in [0.15, 0.2) is 60.7 Å². The van der Waals surface area contributed by atoms with Crippen LogP contribution in [0, 0.1) is 0 Å². The molecule has 0 aliphatic carbocycles. The third-order valence-corrected chi connectivity index (χ3v) is 12.1. The number of nitrogens with two attached hydrogens (primary N) is 5. The maximum absolute atomic E-state index is 14.2. The van der Waals surface area contributed by atoms with Crippen molar-refractivity contribution in [2.75, 3.05) is 31.1 Å². The molecule has 0 saturated carbocycles. The van der Waals surface area contributed by atoms with Gasteiger partial charge >= 0.3 is 0 Å². The Bertz CT molecular complexity index is 2210. The molecule has 0 radical (unpaired) electrons. The largest absolute Gasteiger partial charge is 0.370 e. The van der Waals surface area contributed by atoms with Crippen molar-refractivity contribution >= 4 is 90.2 Å². The van der Waals surface area contributed by atoms with Crippen LogP contribution in [0.2, 0.25) is 0 Å². The SMILES string of the molecule is NCCCC[C@H](NC(=O)[C@@H]1CCCN1C(=O)[C@H](CS)NC(=O)[C@H](CC(N)=O)NC(=O)[C@H](CCC(N)=O)NC(=O)[C@H](Cc1ccccc1)NC(=O)[C@H](Cc1ccccc1)NC(=O)[C@@H](N)CS)C(=O)NCC(N)=O. The van der Waals surface area contributed by atoms with E-state index in [4.69, 9.17) is 28.7 Å². The molecule has 0 unspecified atom stereocenters. The first kappa shape index (κ1) is 59.5. The van der Waals surface area contributed by atoms with E-state index in [0.717, 1.165) is 0 Å². The molecule has 1 aliphatic rings. The summed E-state index contributed by atoms with van der Waals surface area (Å²) in [5, 5.41) is 17.6. The van der Waals surface area contributed by atoms with Crippen LogP contribution in [0.1, 0.15) is 62.5 Å². The zero-order valence-electron chi connectivity index (χ0n) is 39.7. The summed E-state index contributed by atoms with van der Waals surface area (Å²) in [6.07, 6.45) is -0.106. The van der Waals surface area contributed by atoms with E-state index < -0.39 is 139 Å². The van der Waals surface area contributed by atoms with Gasteiger partial charge in [-0.05, 0) is 56.2 Å². The van der Waals surface area contributed by atoms with Gasteiger partial charge in [0.05, 0.1) is 19.0 Å². The Labute approximate surface area is 427 Å². The zero-order chi connectivity index (χ0) is 53.3. The minimum Gasteiger partial charge on any atom is -0.370 e. The molecule has 1 fully saturated rings. The van der Waals surface area contributed by atoms with E-state index >= 15 is 0 Å². The number of unbranched alkanes of at least 4 members (excludes halogenated alkanes) is 1. The van der Waals surface area contributed by atoms with E-state index in [1.54, 1.807) is 60.7 Å². The minimum atomic E-state index is -1.77. The van der Waals surface area contributed by atoms with Crippen LogP contribution in [0.5, 0.6) is 0 Å². The summed E-state index contributed by atoms with van der Waals surface area (Å²) in [5.74, 6) is -9.75. The molecule has 0 bridgehead atoms. The maximum atomic E-state index is 14.2. The molecule has 26 heteroatoms. The van der Waals surface area contributed by atoms with E-state index in [-0.39, 0.29) is 43.7 Å². The van der Waals surface area contributed by atoms with Gasteiger partial charge in [0, 0.05) is 37.3 Å². The van der Waals surface area contributed by atoms with E-state index in [9.17, 15) is 52.7 Å². The van der Waals surface area contributed by atoms with Crippen molar-refractivity contribution in [2.45, 2.75) is 113 Å². The molecular formula is C46H67N13O11S2. The Morgan fingerprint density at radius 2 is 1.07 bits per heavy atom. The fourth-order valence-electron chi connectivity index (χ4n) is 7.55. The monoisotopic (exact) mass is 1040 g/mol. The highest BCUT2D eigenvalue weighted by Gasteiger charge is 2.40. The third kappa shape index (κ3) is 20.2. The molecule has 1 heterocycles. The molecule has 11 amide bonds. The van der Waals surface area contributed by atoms with Gasteiger partial charge in [-0.1, -0.05) is 60.7 Å². The van der Waals surface area contributed by atoms with Gasteiger partial charge in [-0.3, -0.25) is 52.7 Å². The van der Waals surface area contributed by atoms with Crippen LogP contribution in [0.4, 0.5) is 0 Å². The number of rotatable bonds is 31. The Kier molecular flexibility index (Phi) is 25.5. The van der Waals surface area contributed by atoms with Gasteiger partial charge in [-0.2, -0.15) is 25.3 Å². The fourth-order valence-corrected chi connectivity index (χ4v) is 7.96. The van der Waals surface area contributed by atoms with E-state index in [1.807, 2.05) is 0 Å². The lowest BCUT2D eigenvalue weighted by Gasteiger charge is -2.30. The Hall–Kier alpha value is -6.77. The second-order valence-electron chi connectivity index (χ2n) is 17.1. The lowest BCUT2D eigenvalue weighted by Crippen LogP contribution is -2.61. The summed E-state index contributed by atoms with van der Waals surface area (Å²) >= 11 is 8.33. The number of thiol groups is 2. The molecule has 3 rings (SSSR count). The predicted octanol–water partition coefficient (Wildman–Crippen LogP) is -4.57. The summed E-state index contributed by atoms with van der Waals surface area (Å²) in [4.78, 5) is 146. The smallest absolute Gasteiger partial charge is 0.246 e. The number of nitrogens with zero attached hydrogens (tertiary/aromatic N) is 1. The second-order valence-corrected chi connectivity index (χ2v) is 17.8. The molecule has 0 aromatic heterocycles. The molecule has 72 heavy (non-hydrogen) atoms. The van der Waals surface area contributed by atoms with Gasteiger partial charge in [0.2, 0.25) is 65.0 Å². The summed E-state index contributed by atoms with van der Waals surface area (Å²) in [5.41, 5.74) is 28.8. The van der Waals surface area contributed by atoms with Gasteiger partial charge in [0.15, 0.2) is 0 Å². The summed E-state index contributed by atoms with van der Waals surface area (Å²) < 4.78 is 0. The molecule has 0 spiro atoms. The molecular weight excluding hydrogens is 975 g/mol. The number of carbonyl (C=O) groups is 11. The van der Waals surface area contributed by atoms with Crippen LogP contribution < -0.4 is 65.9 Å². The Morgan fingerprint density at radius 1 is 0.569 bits per heavy atom. The van der Waals surface area contributed by atoms with Gasteiger partial charge in [-0.15, -0.1) is 0 Å². The molecule has 24 nitrogen and oxygen atoms in total. The van der Waals surface area contributed by atoms with Gasteiger partial charge in [-0.25, -0.2) is 0 Å². The average molecular weight is 1040 g/mol. The molecule has 2 aromatic carbocycles. The zero-order valence-corrected chi connectivity index (χ0v) is 41.5. The van der Waals surface area contributed by atoms with Crippen molar-refractivity contribution in [1.82, 2.24) is 42.1 Å². The highest BCUT2D eigenvalue weighted by molar-refractivity contribution is 7.80. The normalized spacial score (nSPS) is 15.9. The Balaban J connectivity index is 1.85. The molecule has 2 aromatic rings. The van der Waals surface area contributed by atoms with E-state index in [2.05, 4.69) is 62.5 Å². The molecule has 8 atom stereocenters. The first-order valence-electron chi connectivity index (χ1n) is 23.3. The average Bonchev–Trinajstić information content (AvgIpc) is 3.85. The third-order valence-electron chi connectivity index (χ3n) is 11.4. The predicted molar refractivity (Wildman–Crippen MR) is 270 cm³/mol. The quantitative estimate of drug-likeness (QED) is 0.0250. The number of amides is 11. The summed E-state index contributed by atoms with van der Waals surface area (Å²) in [6, 6.07) is 6.48. The van der Waals surface area contributed by atoms with Crippen LogP contribution in [-0.2, 0) is 65.6 Å². The van der Waals surface area contributed by atoms with Gasteiger partial charge in [0.25, 0.3) is 0 Å². The number of hydrogen-bond acceptors (Lipinski definition) is 15. The number of nitrogens with one attached hydrogen (secondary N) is 7. The van der Waals surface area contributed by atoms with Gasteiger partial charge < -0.3 is 70.8 Å². The lowest BCUT2D eigenvalue weighted by molar-refractivity contribution is -0.142. The first-order chi connectivity index (χ1) is 34.3. The standard InChI is InChI=1S/C46H67N13O11S2/c47-18-8-7-14-29(40(64)52-23-38(51)62)54-45(69)35-15-9-19-59(35)46(70)34(25-72)58-44(68)33(22-37(50)61)57-41(65)30(16-17-36(49)60)53-42(66)32(21-27-12-5-2-6-13-27)56-43(67)31(55-39(63)28(48)24-71)20-26-10-3-1-4-11-26/h1-6,10-13,28-35,71-72H,7-9,14-25,47-48H2,(H2,49,60)(H2,50,61)(H2,51,62)(H,52,64)(H,53,66)(H,54,69)(H,55,63)(H,56,67)(H,57,65)(H,58,68)/t28-,29-,30-,31-,32-,33-,34-,35-/m0/s1. The summed E-state index contributed by atoms with van der Waals surface area (Å²) in [6.45, 7) is -0.0710. The van der Waals surface area contributed by atoms with Crippen molar-refractivity contribution in [2.24, 2.45) is 28.7 Å². The second kappa shape index (κ2) is 30.9. The molecule has 394 valence electrons. The number of carbonyl (C=O) groups excluding carboxylic acids is 11. The topological polar surface area (TPSA) is 405 Å². The van der Waals surface area contributed by atoms with Crippen molar-refractivity contribution in [1.29, 1.82) is 0 Å². The molecule has 1 aliphatic heterocycles. The number of primary amides is 3. The Morgan fingerprint density at radius 3 is 1.58 bits per heavy atom. The first-order valence-corrected chi connectivity index (χ1v) is 24.5. The lowest BCUT2D eigenvalue weighted by atomic mass is 10.0. The molecule has 17 N–H and O–H groups in total. The van der Waals surface area contributed by atoms with E-state index in [1.165, 1.54) is 4.90 Å². The van der Waals surface area contributed by atoms with Crippen LogP contribution in [0.25, 0.3) is 0 Å². The summed E-state index contributed by atoms with van der Waals surface area (Å²) in [7, 11) is 0. The van der Waals surface area contributed by atoms with Crippen molar-refractivity contribution < 1.29 is 52.7 Å². The van der Waals surface area contributed by atoms with Crippen molar-refractivity contribution in [3.8, 4) is 0 Å². The van der Waals surface area contributed by atoms with Gasteiger partial charge in [0.1, 0.15) is 42.3 Å². The minimum absolute atomic E-state index is 0.00473. The van der Waals surface area contributed by atoms with Crippen LogP contribution in [0.3, 0.4) is 0 Å². The van der Waals surface area contributed by atoms with Crippen LogP contribution in [-0.4, -0.2) is 149 Å². The fraction of sp³-hybridized carbons (Fsp3) is 0.500. The highest BCUT2D eigenvalue weighted by atomic mass is 32.1. The highest BCUT2D eigenvalue weighted by Crippen LogP contribution is 2.20. The van der Waals surface area contributed by atoms with Crippen LogP contribution >= 0.6 is 25.3 Å².